The van der Waals surface area contributed by atoms with Gasteiger partial charge in [-0.2, -0.15) is 0 Å². The van der Waals surface area contributed by atoms with Crippen LogP contribution in [0.15, 0.2) is 60.9 Å². The maximum absolute atomic E-state index is 11.9. The zero-order valence-electron chi connectivity index (χ0n) is 14.2. The van der Waals surface area contributed by atoms with Gasteiger partial charge in [0.2, 0.25) is 0 Å². The molecule has 3 rings (SSSR count). The van der Waals surface area contributed by atoms with E-state index in [0.29, 0.717) is 18.5 Å². The summed E-state index contributed by atoms with van der Waals surface area (Å²) in [7, 11) is 1.36. The predicted octanol–water partition coefficient (Wildman–Crippen LogP) is 3.22. The number of carbonyl (C=O) groups is 1. The van der Waals surface area contributed by atoms with Crippen LogP contribution in [0.4, 0.5) is 5.69 Å². The molecule has 7 heteroatoms. The van der Waals surface area contributed by atoms with Crippen LogP contribution in [-0.2, 0) is 17.7 Å². The minimum Gasteiger partial charge on any atom is -0.465 e. The molecule has 0 saturated heterocycles. The number of nitro groups is 1. The standard InChI is InChI=1S/C19H17N3O4/c1-26-19(23)17-5-3-2-4-15(17)13-21-11-10-20-18(21)12-14-6-8-16(9-7-14)22(24)25/h2-11H,12-13H2,1H3. The third kappa shape index (κ3) is 3.77. The minimum atomic E-state index is -0.422. The van der Waals surface area contributed by atoms with Crippen molar-refractivity contribution in [2.24, 2.45) is 0 Å². The lowest BCUT2D eigenvalue weighted by molar-refractivity contribution is -0.384. The largest absolute Gasteiger partial charge is 0.465 e. The van der Waals surface area contributed by atoms with Crippen LogP contribution in [-0.4, -0.2) is 27.6 Å². The third-order valence-electron chi connectivity index (χ3n) is 4.07. The number of esters is 1. The van der Waals surface area contributed by atoms with Crippen molar-refractivity contribution in [3.8, 4) is 0 Å². The molecule has 0 N–H and O–H groups in total. The Kier molecular flexibility index (Phi) is 5.07. The molecule has 0 aliphatic heterocycles. The summed E-state index contributed by atoms with van der Waals surface area (Å²) in [5.74, 6) is 0.427. The molecule has 132 valence electrons. The summed E-state index contributed by atoms with van der Waals surface area (Å²) in [6, 6.07) is 13.7. The molecule has 1 heterocycles. The Hall–Kier alpha value is -3.48. The van der Waals surface area contributed by atoms with Gasteiger partial charge >= 0.3 is 5.97 Å². The molecular formula is C19H17N3O4. The van der Waals surface area contributed by atoms with Crippen molar-refractivity contribution in [2.75, 3.05) is 7.11 Å². The number of imidazole rings is 1. The average Bonchev–Trinajstić information content (AvgIpc) is 3.08. The van der Waals surface area contributed by atoms with E-state index in [2.05, 4.69) is 4.98 Å². The molecule has 0 fully saturated rings. The first kappa shape index (κ1) is 17.3. The number of methoxy groups -OCH3 is 1. The minimum absolute atomic E-state index is 0.0593. The quantitative estimate of drug-likeness (QED) is 0.386. The van der Waals surface area contributed by atoms with Gasteiger partial charge in [-0.05, 0) is 17.2 Å². The summed E-state index contributed by atoms with van der Waals surface area (Å²) in [6.45, 7) is 0.480. The highest BCUT2D eigenvalue weighted by Crippen LogP contribution is 2.17. The van der Waals surface area contributed by atoms with Gasteiger partial charge in [0.25, 0.3) is 5.69 Å². The second-order valence-electron chi connectivity index (χ2n) is 5.72. The second-order valence-corrected chi connectivity index (χ2v) is 5.72. The van der Waals surface area contributed by atoms with Gasteiger partial charge in [0.05, 0.1) is 17.6 Å². The van der Waals surface area contributed by atoms with Crippen molar-refractivity contribution >= 4 is 11.7 Å². The normalized spacial score (nSPS) is 10.5. The van der Waals surface area contributed by atoms with Crippen LogP contribution in [0.1, 0.15) is 27.3 Å². The summed E-state index contributed by atoms with van der Waals surface area (Å²) >= 11 is 0. The maximum Gasteiger partial charge on any atom is 0.338 e. The van der Waals surface area contributed by atoms with E-state index >= 15 is 0 Å². The fourth-order valence-corrected chi connectivity index (χ4v) is 2.72. The van der Waals surface area contributed by atoms with E-state index < -0.39 is 4.92 Å². The highest BCUT2D eigenvalue weighted by molar-refractivity contribution is 5.90. The van der Waals surface area contributed by atoms with Crippen LogP contribution in [0.3, 0.4) is 0 Å². The molecule has 0 atom stereocenters. The van der Waals surface area contributed by atoms with Gasteiger partial charge in [-0.15, -0.1) is 0 Å². The lowest BCUT2D eigenvalue weighted by atomic mass is 10.1. The number of rotatable bonds is 6. The Balaban J connectivity index is 1.81. The molecule has 2 aromatic carbocycles. The van der Waals surface area contributed by atoms with E-state index in [1.807, 2.05) is 22.9 Å². The molecule has 0 radical (unpaired) electrons. The molecule has 0 amide bonds. The van der Waals surface area contributed by atoms with Crippen LogP contribution in [0.5, 0.6) is 0 Å². The highest BCUT2D eigenvalue weighted by atomic mass is 16.6. The molecule has 0 spiro atoms. The number of ether oxygens (including phenoxy) is 1. The Bertz CT molecular complexity index is 932. The number of aromatic nitrogens is 2. The van der Waals surface area contributed by atoms with Gasteiger partial charge < -0.3 is 9.30 Å². The van der Waals surface area contributed by atoms with Gasteiger partial charge in [0, 0.05) is 37.5 Å². The van der Waals surface area contributed by atoms with Gasteiger partial charge in [-0.3, -0.25) is 10.1 Å². The molecule has 3 aromatic rings. The number of nitro benzene ring substituents is 1. The number of nitrogens with zero attached hydrogens (tertiary/aromatic N) is 3. The van der Waals surface area contributed by atoms with Gasteiger partial charge in [0.1, 0.15) is 5.82 Å². The monoisotopic (exact) mass is 351 g/mol. The second kappa shape index (κ2) is 7.60. The summed E-state index contributed by atoms with van der Waals surface area (Å²) in [4.78, 5) is 26.6. The summed E-state index contributed by atoms with van der Waals surface area (Å²) in [5, 5.41) is 10.7. The van der Waals surface area contributed by atoms with Gasteiger partial charge in [0.15, 0.2) is 0 Å². The van der Waals surface area contributed by atoms with Crippen LogP contribution < -0.4 is 0 Å². The Labute approximate surface area is 150 Å². The summed E-state index contributed by atoms with van der Waals surface area (Å²) in [5.41, 5.74) is 2.33. The molecule has 0 bridgehead atoms. The first-order chi connectivity index (χ1) is 12.6. The Morgan fingerprint density at radius 3 is 2.62 bits per heavy atom. The molecule has 1 aromatic heterocycles. The summed E-state index contributed by atoms with van der Waals surface area (Å²) < 4.78 is 6.78. The Morgan fingerprint density at radius 1 is 1.19 bits per heavy atom. The van der Waals surface area contributed by atoms with E-state index in [9.17, 15) is 14.9 Å². The van der Waals surface area contributed by atoms with Crippen LogP contribution in [0.25, 0.3) is 0 Å². The van der Waals surface area contributed by atoms with Crippen molar-refractivity contribution in [2.45, 2.75) is 13.0 Å². The smallest absolute Gasteiger partial charge is 0.338 e. The number of carbonyl (C=O) groups excluding carboxylic acids is 1. The molecule has 26 heavy (non-hydrogen) atoms. The number of benzene rings is 2. The van der Waals surface area contributed by atoms with E-state index in [1.165, 1.54) is 19.2 Å². The van der Waals surface area contributed by atoms with Gasteiger partial charge in [-0.1, -0.05) is 30.3 Å². The topological polar surface area (TPSA) is 87.3 Å². The van der Waals surface area contributed by atoms with Crippen molar-refractivity contribution in [1.82, 2.24) is 9.55 Å². The SMILES string of the molecule is COC(=O)c1ccccc1Cn1ccnc1Cc1ccc([N+](=O)[O-])cc1. The number of hydrogen-bond acceptors (Lipinski definition) is 5. The zero-order chi connectivity index (χ0) is 18.5. The van der Waals surface area contributed by atoms with Crippen LogP contribution in [0, 0.1) is 10.1 Å². The fourth-order valence-electron chi connectivity index (χ4n) is 2.72. The molecule has 7 nitrogen and oxygen atoms in total. The first-order valence-electron chi connectivity index (χ1n) is 7.98. The molecule has 0 aliphatic rings. The highest BCUT2D eigenvalue weighted by Gasteiger charge is 2.13. The number of non-ortho nitro benzene ring substituents is 1. The van der Waals surface area contributed by atoms with E-state index in [1.54, 1.807) is 30.5 Å². The van der Waals surface area contributed by atoms with E-state index in [-0.39, 0.29) is 11.7 Å². The summed E-state index contributed by atoms with van der Waals surface area (Å²) in [6.07, 6.45) is 4.07. The Morgan fingerprint density at radius 2 is 1.92 bits per heavy atom. The van der Waals surface area contributed by atoms with Crippen LogP contribution in [0.2, 0.25) is 0 Å². The molecular weight excluding hydrogens is 334 g/mol. The van der Waals surface area contributed by atoms with Crippen molar-refractivity contribution in [1.29, 1.82) is 0 Å². The lowest BCUT2D eigenvalue weighted by Crippen LogP contribution is -2.11. The van der Waals surface area contributed by atoms with Crippen molar-refractivity contribution < 1.29 is 14.5 Å². The number of hydrogen-bond donors (Lipinski definition) is 0. The molecule has 0 unspecified atom stereocenters. The lowest BCUT2D eigenvalue weighted by Gasteiger charge is -2.11. The third-order valence-corrected chi connectivity index (χ3v) is 4.07. The predicted molar refractivity (Wildman–Crippen MR) is 95.0 cm³/mol. The molecule has 0 saturated carbocycles. The maximum atomic E-state index is 11.9. The van der Waals surface area contributed by atoms with Crippen LogP contribution >= 0.6 is 0 Å². The fraction of sp³-hybridized carbons (Fsp3) is 0.158. The van der Waals surface area contributed by atoms with E-state index in [4.69, 9.17) is 4.74 Å². The van der Waals surface area contributed by atoms with Crippen molar-refractivity contribution in [3.05, 3.63) is 93.6 Å². The van der Waals surface area contributed by atoms with E-state index in [0.717, 1.165) is 17.0 Å². The zero-order valence-corrected chi connectivity index (χ0v) is 14.2. The molecule has 0 aliphatic carbocycles. The van der Waals surface area contributed by atoms with Gasteiger partial charge in [-0.25, -0.2) is 9.78 Å². The first-order valence-corrected chi connectivity index (χ1v) is 7.98. The van der Waals surface area contributed by atoms with Crippen molar-refractivity contribution in [3.63, 3.8) is 0 Å². The average molecular weight is 351 g/mol.